The lowest BCUT2D eigenvalue weighted by Gasteiger charge is -2.35. The van der Waals surface area contributed by atoms with Gasteiger partial charge in [-0.1, -0.05) is 6.07 Å². The molecule has 0 radical (unpaired) electrons. The molecule has 3 aromatic rings. The minimum absolute atomic E-state index is 0.113. The van der Waals surface area contributed by atoms with Gasteiger partial charge in [-0.2, -0.15) is 5.11 Å². The number of amidine groups is 1. The number of hydrogen-bond donors (Lipinski definition) is 1. The first-order valence-electron chi connectivity index (χ1n) is 12.8. The zero-order valence-corrected chi connectivity index (χ0v) is 23.0. The number of benzene rings is 1. The average Bonchev–Trinajstić information content (AvgIpc) is 3.46. The maximum absolute atomic E-state index is 14.1. The molecule has 2 N–H and O–H groups in total. The van der Waals surface area contributed by atoms with Gasteiger partial charge in [-0.3, -0.25) is 4.79 Å². The van der Waals surface area contributed by atoms with E-state index < -0.39 is 0 Å². The van der Waals surface area contributed by atoms with Gasteiger partial charge in [0.05, 0.1) is 24.9 Å². The number of carbonyl (C=O) groups is 1. The molecule has 0 unspecified atom stereocenters. The predicted molar refractivity (Wildman–Crippen MR) is 149 cm³/mol. The van der Waals surface area contributed by atoms with E-state index in [1.807, 2.05) is 24.0 Å². The topological polar surface area (TPSA) is 97.6 Å². The lowest BCUT2D eigenvalue weighted by atomic mass is 9.91. The molecule has 0 fully saturated rings. The van der Waals surface area contributed by atoms with E-state index in [1.165, 1.54) is 10.4 Å². The van der Waals surface area contributed by atoms with Crippen molar-refractivity contribution in [3.05, 3.63) is 52.0 Å². The van der Waals surface area contributed by atoms with Gasteiger partial charge in [0.1, 0.15) is 11.4 Å². The monoisotopic (exact) mass is 518 g/mol. The summed E-state index contributed by atoms with van der Waals surface area (Å²) in [5.41, 5.74) is 13.2. The van der Waals surface area contributed by atoms with Gasteiger partial charge in [0.2, 0.25) is 0 Å². The molecule has 2 aromatic heterocycles. The molecular weight excluding hydrogens is 484 g/mol. The third kappa shape index (κ3) is 4.35. The number of ether oxygens (including phenoxy) is 1. The van der Waals surface area contributed by atoms with E-state index in [4.69, 9.17) is 10.5 Å². The van der Waals surface area contributed by atoms with Crippen LogP contribution in [0.4, 0.5) is 0 Å². The van der Waals surface area contributed by atoms with Crippen molar-refractivity contribution in [2.24, 2.45) is 21.2 Å². The number of amides is 1. The molecule has 0 bridgehead atoms. The Hall–Kier alpha value is -3.46. The molecule has 1 aromatic carbocycles. The Morgan fingerprint density at radius 2 is 2.00 bits per heavy atom. The van der Waals surface area contributed by atoms with E-state index in [1.54, 1.807) is 18.4 Å². The molecule has 8 nitrogen and oxygen atoms in total. The number of carbonyl (C=O) groups excluding carboxylic acids is 1. The summed E-state index contributed by atoms with van der Waals surface area (Å²) in [6, 6.07) is 8.32. The molecule has 194 valence electrons. The standard InChI is InChI=1S/C28H34N6O2S/c1-6-30-32-31-26(29)20-16-19-17(15-21(20)36-5)11-13-33-24(19)23(22-10-8-14-37-22)18-9-7-12-34(28(2,3)4)27(35)25(18)33/h8,10,14-16H,6-7,9,11-13H2,1-5H3,(H2,29,30,31). The fraction of sp³-hybridized carbons (Fsp3) is 0.429. The lowest BCUT2D eigenvalue weighted by molar-refractivity contribution is 0.0579. The number of methoxy groups -OCH3 is 1. The van der Waals surface area contributed by atoms with E-state index >= 15 is 0 Å². The average molecular weight is 519 g/mol. The Morgan fingerprint density at radius 3 is 2.68 bits per heavy atom. The Morgan fingerprint density at radius 1 is 1.19 bits per heavy atom. The molecule has 0 saturated carbocycles. The minimum Gasteiger partial charge on any atom is -0.496 e. The molecule has 37 heavy (non-hydrogen) atoms. The summed E-state index contributed by atoms with van der Waals surface area (Å²) in [6.45, 7) is 10.2. The largest absolute Gasteiger partial charge is 0.496 e. The molecular formula is C28H34N6O2S. The van der Waals surface area contributed by atoms with Gasteiger partial charge in [-0.25, -0.2) is 0 Å². The molecule has 2 aliphatic rings. The summed E-state index contributed by atoms with van der Waals surface area (Å²) >= 11 is 1.71. The van der Waals surface area contributed by atoms with Gasteiger partial charge >= 0.3 is 0 Å². The normalized spacial score (nSPS) is 16.0. The number of hydrogen-bond acceptors (Lipinski definition) is 5. The van der Waals surface area contributed by atoms with Crippen LogP contribution in [0, 0.1) is 0 Å². The third-order valence-corrected chi connectivity index (χ3v) is 8.00. The summed E-state index contributed by atoms with van der Waals surface area (Å²) in [7, 11) is 1.64. The van der Waals surface area contributed by atoms with Crippen molar-refractivity contribution >= 4 is 23.1 Å². The number of aryl methyl sites for hydroxylation is 1. The highest BCUT2D eigenvalue weighted by molar-refractivity contribution is 7.13. The molecule has 1 amide bonds. The first-order chi connectivity index (χ1) is 17.8. The summed E-state index contributed by atoms with van der Waals surface area (Å²) in [5.74, 6) is 1.01. The van der Waals surface area contributed by atoms with Crippen LogP contribution in [-0.4, -0.2) is 46.9 Å². The molecule has 0 atom stereocenters. The van der Waals surface area contributed by atoms with Crippen LogP contribution in [0.25, 0.3) is 21.7 Å². The molecule has 5 rings (SSSR count). The van der Waals surface area contributed by atoms with Crippen LogP contribution in [0.1, 0.15) is 61.3 Å². The molecule has 0 spiro atoms. The second-order valence-electron chi connectivity index (χ2n) is 10.4. The maximum Gasteiger partial charge on any atom is 0.271 e. The van der Waals surface area contributed by atoms with E-state index in [9.17, 15) is 4.79 Å². The van der Waals surface area contributed by atoms with Gasteiger partial charge in [0.15, 0.2) is 5.84 Å². The number of rotatable bonds is 5. The fourth-order valence-electron chi connectivity index (χ4n) is 5.48. The van der Waals surface area contributed by atoms with Gasteiger partial charge in [0, 0.05) is 34.6 Å². The number of nitrogens with zero attached hydrogens (tertiary/aromatic N) is 5. The highest BCUT2D eigenvalue weighted by atomic mass is 32.1. The van der Waals surface area contributed by atoms with E-state index in [0.717, 1.165) is 60.4 Å². The Bertz CT molecular complexity index is 1400. The van der Waals surface area contributed by atoms with E-state index in [2.05, 4.69) is 58.3 Å². The Balaban J connectivity index is 1.78. The van der Waals surface area contributed by atoms with Crippen molar-refractivity contribution in [3.8, 4) is 27.4 Å². The predicted octanol–water partition coefficient (Wildman–Crippen LogP) is 5.73. The van der Waals surface area contributed by atoms with Crippen LogP contribution >= 0.6 is 11.3 Å². The molecule has 0 aliphatic carbocycles. The van der Waals surface area contributed by atoms with Gasteiger partial charge in [-0.05, 0) is 86.9 Å². The Labute approximate surface area is 221 Å². The molecule has 0 saturated heterocycles. The molecule has 9 heteroatoms. The number of nitrogens with two attached hydrogens (primary N) is 1. The zero-order valence-electron chi connectivity index (χ0n) is 22.2. The quantitative estimate of drug-likeness (QED) is 0.202. The van der Waals surface area contributed by atoms with Crippen LogP contribution < -0.4 is 10.5 Å². The van der Waals surface area contributed by atoms with Crippen molar-refractivity contribution < 1.29 is 9.53 Å². The summed E-state index contributed by atoms with van der Waals surface area (Å²) in [6.07, 6.45) is 2.58. The second-order valence-corrected chi connectivity index (χ2v) is 11.4. The molecule has 2 aliphatic heterocycles. The fourth-order valence-corrected chi connectivity index (χ4v) is 6.28. The van der Waals surface area contributed by atoms with Gasteiger partial charge in [0.25, 0.3) is 5.91 Å². The second kappa shape index (κ2) is 9.78. The third-order valence-electron chi connectivity index (χ3n) is 7.12. The highest BCUT2D eigenvalue weighted by Crippen LogP contribution is 2.47. The van der Waals surface area contributed by atoms with E-state index in [-0.39, 0.29) is 17.3 Å². The van der Waals surface area contributed by atoms with Crippen LogP contribution in [0.3, 0.4) is 0 Å². The van der Waals surface area contributed by atoms with Crippen LogP contribution in [0.5, 0.6) is 5.75 Å². The van der Waals surface area contributed by atoms with Gasteiger partial charge < -0.3 is 19.9 Å². The number of thiophene rings is 1. The minimum atomic E-state index is -0.252. The van der Waals surface area contributed by atoms with Crippen LogP contribution in [-0.2, 0) is 19.4 Å². The first kappa shape index (κ1) is 25.2. The van der Waals surface area contributed by atoms with Crippen LogP contribution in [0.15, 0.2) is 45.1 Å². The Kier molecular flexibility index (Phi) is 6.66. The highest BCUT2D eigenvalue weighted by Gasteiger charge is 2.38. The lowest BCUT2D eigenvalue weighted by Crippen LogP contribution is -2.46. The summed E-state index contributed by atoms with van der Waals surface area (Å²) in [4.78, 5) is 17.3. The van der Waals surface area contributed by atoms with Crippen LogP contribution in [0.2, 0.25) is 0 Å². The smallest absolute Gasteiger partial charge is 0.271 e. The van der Waals surface area contributed by atoms with Crippen molar-refractivity contribution in [1.82, 2.24) is 9.47 Å². The summed E-state index contributed by atoms with van der Waals surface area (Å²) in [5, 5.41) is 14.0. The van der Waals surface area contributed by atoms with Crippen molar-refractivity contribution in [2.75, 3.05) is 20.2 Å². The number of aromatic nitrogens is 1. The zero-order chi connectivity index (χ0) is 26.3. The van der Waals surface area contributed by atoms with Crippen molar-refractivity contribution in [1.29, 1.82) is 0 Å². The maximum atomic E-state index is 14.1. The van der Waals surface area contributed by atoms with Gasteiger partial charge in [-0.15, -0.1) is 16.4 Å². The van der Waals surface area contributed by atoms with Crippen molar-refractivity contribution in [2.45, 2.75) is 59.0 Å². The molecule has 4 heterocycles. The number of fused-ring (bicyclic) bond motifs is 5. The van der Waals surface area contributed by atoms with E-state index in [0.29, 0.717) is 17.9 Å². The SMILES string of the molecule is CCN=NN=C(N)c1cc2c(cc1OC)CCn1c3c(c(-c4cccs4)c1-2)CCCN(C(C)(C)C)C3=O. The van der Waals surface area contributed by atoms with Crippen molar-refractivity contribution in [3.63, 3.8) is 0 Å². The summed E-state index contributed by atoms with van der Waals surface area (Å²) < 4.78 is 7.95. The first-order valence-corrected chi connectivity index (χ1v) is 13.7.